The van der Waals surface area contributed by atoms with Crippen LogP contribution in [0.5, 0.6) is 0 Å². The van der Waals surface area contributed by atoms with Crippen LogP contribution in [0.1, 0.15) is 64.2 Å². The zero-order chi connectivity index (χ0) is 13.2. The molecule has 2 nitrogen and oxygen atoms in total. The lowest BCUT2D eigenvalue weighted by Crippen LogP contribution is -2.47. The molecule has 0 amide bonds. The average Bonchev–Trinajstić information content (AvgIpc) is 2.66. The van der Waals surface area contributed by atoms with Crippen LogP contribution in [0.2, 0.25) is 0 Å². The van der Waals surface area contributed by atoms with E-state index in [-0.39, 0.29) is 11.5 Å². The number of hydrogen-bond donors (Lipinski definition) is 1. The molecule has 1 spiro atoms. The molecular weight excluding hydrogens is 241 g/mol. The van der Waals surface area contributed by atoms with Crippen LogP contribution in [0, 0.1) is 5.92 Å². The van der Waals surface area contributed by atoms with Gasteiger partial charge in [-0.15, -0.1) is 0 Å². The number of alkyl halides is 1. The van der Waals surface area contributed by atoms with Gasteiger partial charge >= 0.3 is 0 Å². The molecular formula is C16H28FNO. The summed E-state index contributed by atoms with van der Waals surface area (Å²) in [6, 6.07) is 0. The Bertz CT molecular complexity index is 288. The summed E-state index contributed by atoms with van der Waals surface area (Å²) in [5.74, 6) is 0.235. The highest BCUT2D eigenvalue weighted by Crippen LogP contribution is 2.47. The van der Waals surface area contributed by atoms with Crippen LogP contribution < -0.4 is 5.32 Å². The molecule has 1 aliphatic carbocycles. The summed E-state index contributed by atoms with van der Waals surface area (Å²) in [6.07, 6.45) is 10.5. The Hall–Kier alpha value is -0.150. The SMILES string of the molecule is FC1(C2CCOC3(CCCCC3)C2)CCCNCC1. The number of ether oxygens (including phenoxy) is 1. The molecule has 3 aliphatic rings. The molecule has 0 radical (unpaired) electrons. The van der Waals surface area contributed by atoms with E-state index < -0.39 is 5.67 Å². The molecule has 2 heterocycles. The van der Waals surface area contributed by atoms with Crippen LogP contribution in [0.3, 0.4) is 0 Å². The van der Waals surface area contributed by atoms with E-state index in [1.807, 2.05) is 0 Å². The highest BCUT2D eigenvalue weighted by atomic mass is 19.1. The van der Waals surface area contributed by atoms with E-state index >= 15 is 4.39 Å². The molecule has 2 aliphatic heterocycles. The van der Waals surface area contributed by atoms with Crippen LogP contribution in [0.25, 0.3) is 0 Å². The first kappa shape index (κ1) is 13.8. The molecule has 0 aromatic rings. The fourth-order valence-corrected chi connectivity index (χ4v) is 4.48. The summed E-state index contributed by atoms with van der Waals surface area (Å²) in [5, 5.41) is 3.34. The summed E-state index contributed by atoms with van der Waals surface area (Å²) in [7, 11) is 0. The van der Waals surface area contributed by atoms with E-state index in [1.54, 1.807) is 0 Å². The lowest BCUT2D eigenvalue weighted by atomic mass is 9.69. The van der Waals surface area contributed by atoms with Crippen molar-refractivity contribution in [1.29, 1.82) is 0 Å². The molecule has 0 bridgehead atoms. The highest BCUT2D eigenvalue weighted by Gasteiger charge is 2.47. The van der Waals surface area contributed by atoms with Crippen molar-refractivity contribution in [2.24, 2.45) is 5.92 Å². The summed E-state index contributed by atoms with van der Waals surface area (Å²) >= 11 is 0. The first-order valence-corrected chi connectivity index (χ1v) is 8.26. The van der Waals surface area contributed by atoms with Gasteiger partial charge in [0.05, 0.1) is 5.60 Å². The molecule has 19 heavy (non-hydrogen) atoms. The summed E-state index contributed by atoms with van der Waals surface area (Å²) < 4.78 is 21.5. The molecule has 1 N–H and O–H groups in total. The van der Waals surface area contributed by atoms with Crippen molar-refractivity contribution in [3.8, 4) is 0 Å². The molecule has 3 fully saturated rings. The number of halogens is 1. The maximum absolute atomic E-state index is 15.4. The third-order valence-electron chi connectivity index (χ3n) is 5.65. The minimum Gasteiger partial charge on any atom is -0.375 e. The summed E-state index contributed by atoms with van der Waals surface area (Å²) in [6.45, 7) is 2.62. The van der Waals surface area contributed by atoms with Gasteiger partial charge in [0.25, 0.3) is 0 Å². The molecule has 2 saturated heterocycles. The molecule has 0 aromatic heterocycles. The molecule has 3 heteroatoms. The minimum absolute atomic E-state index is 0.0417. The average molecular weight is 269 g/mol. The Balaban J connectivity index is 1.69. The van der Waals surface area contributed by atoms with Crippen molar-refractivity contribution in [2.75, 3.05) is 19.7 Å². The Labute approximate surface area is 116 Å². The Morgan fingerprint density at radius 3 is 2.63 bits per heavy atom. The van der Waals surface area contributed by atoms with Crippen molar-refractivity contribution in [3.05, 3.63) is 0 Å². The third-order valence-corrected chi connectivity index (χ3v) is 5.65. The topological polar surface area (TPSA) is 21.3 Å². The maximum Gasteiger partial charge on any atom is 0.115 e. The largest absolute Gasteiger partial charge is 0.375 e. The van der Waals surface area contributed by atoms with Gasteiger partial charge in [0.1, 0.15) is 5.67 Å². The Morgan fingerprint density at radius 1 is 0.947 bits per heavy atom. The van der Waals surface area contributed by atoms with Gasteiger partial charge in [-0.3, -0.25) is 0 Å². The monoisotopic (exact) mass is 269 g/mol. The fraction of sp³-hybridized carbons (Fsp3) is 1.00. The van der Waals surface area contributed by atoms with E-state index in [0.717, 1.165) is 58.2 Å². The van der Waals surface area contributed by atoms with E-state index in [0.29, 0.717) is 6.42 Å². The predicted octanol–water partition coefficient (Wildman–Crippen LogP) is 3.60. The normalized spacial score (nSPS) is 39.9. The second kappa shape index (κ2) is 5.69. The van der Waals surface area contributed by atoms with Gasteiger partial charge < -0.3 is 10.1 Å². The third kappa shape index (κ3) is 2.97. The Morgan fingerprint density at radius 2 is 1.79 bits per heavy atom. The van der Waals surface area contributed by atoms with Crippen molar-refractivity contribution in [3.63, 3.8) is 0 Å². The highest BCUT2D eigenvalue weighted by molar-refractivity contribution is 4.98. The zero-order valence-electron chi connectivity index (χ0n) is 12.1. The predicted molar refractivity (Wildman–Crippen MR) is 75.1 cm³/mol. The van der Waals surface area contributed by atoms with Gasteiger partial charge in [-0.2, -0.15) is 0 Å². The van der Waals surface area contributed by atoms with Gasteiger partial charge in [-0.1, -0.05) is 19.3 Å². The quantitative estimate of drug-likeness (QED) is 0.785. The van der Waals surface area contributed by atoms with E-state index in [4.69, 9.17) is 4.74 Å². The zero-order valence-corrected chi connectivity index (χ0v) is 12.1. The van der Waals surface area contributed by atoms with Crippen LogP contribution >= 0.6 is 0 Å². The second-order valence-electron chi connectivity index (χ2n) is 6.92. The molecule has 110 valence electrons. The van der Waals surface area contributed by atoms with Crippen molar-refractivity contribution >= 4 is 0 Å². The number of nitrogens with one attached hydrogen (secondary N) is 1. The Kier molecular flexibility index (Phi) is 4.14. The van der Waals surface area contributed by atoms with Gasteiger partial charge in [0.15, 0.2) is 0 Å². The fourth-order valence-electron chi connectivity index (χ4n) is 4.48. The maximum atomic E-state index is 15.4. The summed E-state index contributed by atoms with van der Waals surface area (Å²) in [5.41, 5.74) is -0.891. The van der Waals surface area contributed by atoms with E-state index in [2.05, 4.69) is 5.32 Å². The summed E-state index contributed by atoms with van der Waals surface area (Å²) in [4.78, 5) is 0. The van der Waals surface area contributed by atoms with Crippen molar-refractivity contribution < 1.29 is 9.13 Å². The van der Waals surface area contributed by atoms with Gasteiger partial charge in [-0.25, -0.2) is 4.39 Å². The molecule has 2 atom stereocenters. The van der Waals surface area contributed by atoms with Crippen LogP contribution in [-0.4, -0.2) is 31.0 Å². The molecule has 0 aromatic carbocycles. The number of rotatable bonds is 1. The van der Waals surface area contributed by atoms with Crippen LogP contribution in [0.15, 0.2) is 0 Å². The smallest absolute Gasteiger partial charge is 0.115 e. The first-order chi connectivity index (χ1) is 9.23. The molecule has 2 unspecified atom stereocenters. The minimum atomic E-state index is -0.933. The molecule has 3 rings (SSSR count). The standard InChI is InChI=1S/C16H28FNO/c17-16(8-4-10-18-11-9-16)14-5-12-19-15(13-14)6-2-1-3-7-15/h14,18H,1-13H2. The van der Waals surface area contributed by atoms with Gasteiger partial charge in [0, 0.05) is 6.61 Å². The molecule has 1 saturated carbocycles. The van der Waals surface area contributed by atoms with Crippen molar-refractivity contribution in [2.45, 2.75) is 75.5 Å². The van der Waals surface area contributed by atoms with E-state index in [1.165, 1.54) is 19.3 Å². The van der Waals surface area contributed by atoms with Crippen LogP contribution in [-0.2, 0) is 4.74 Å². The first-order valence-electron chi connectivity index (χ1n) is 8.26. The lowest BCUT2D eigenvalue weighted by Gasteiger charge is -2.47. The van der Waals surface area contributed by atoms with Gasteiger partial charge in [0.2, 0.25) is 0 Å². The van der Waals surface area contributed by atoms with Crippen molar-refractivity contribution in [1.82, 2.24) is 5.32 Å². The number of hydrogen-bond acceptors (Lipinski definition) is 2. The van der Waals surface area contributed by atoms with Gasteiger partial charge in [-0.05, 0) is 64.0 Å². The van der Waals surface area contributed by atoms with Crippen LogP contribution in [0.4, 0.5) is 4.39 Å². The van der Waals surface area contributed by atoms with E-state index in [9.17, 15) is 0 Å². The lowest BCUT2D eigenvalue weighted by molar-refractivity contribution is -0.142. The second-order valence-corrected chi connectivity index (χ2v) is 6.92.